The van der Waals surface area contributed by atoms with Crippen LogP contribution < -0.4 is 5.32 Å². The number of benzene rings is 1. The van der Waals surface area contributed by atoms with Crippen molar-refractivity contribution >= 4 is 45.9 Å². The van der Waals surface area contributed by atoms with Crippen LogP contribution in [0, 0.1) is 5.92 Å². The zero-order chi connectivity index (χ0) is 17.6. The second-order valence-corrected chi connectivity index (χ2v) is 7.20. The highest BCUT2D eigenvalue weighted by molar-refractivity contribution is 14.0. The minimum atomic E-state index is 0. The Morgan fingerprint density at radius 1 is 1.27 bits per heavy atom. The Bertz CT molecular complexity index is 712. The Morgan fingerprint density at radius 2 is 2.04 bits per heavy atom. The molecule has 0 aliphatic carbocycles. The molecule has 1 saturated heterocycles. The third-order valence-electron chi connectivity index (χ3n) is 4.34. The number of nitrogens with zero attached hydrogens (tertiary/aromatic N) is 2. The number of ether oxygens (including phenoxy) is 1. The molecule has 0 spiro atoms. The van der Waals surface area contributed by atoms with Crippen LogP contribution in [-0.2, 0) is 11.3 Å². The predicted octanol–water partition coefficient (Wildman–Crippen LogP) is 4.37. The van der Waals surface area contributed by atoms with E-state index >= 15 is 0 Å². The molecule has 0 saturated carbocycles. The molecule has 142 valence electrons. The van der Waals surface area contributed by atoms with E-state index in [1.807, 2.05) is 36.4 Å². The fraction of sp³-hybridized carbons (Fsp3) is 0.421. The van der Waals surface area contributed by atoms with Crippen molar-refractivity contribution < 1.29 is 9.15 Å². The smallest absolute Gasteiger partial charge is 0.193 e. The van der Waals surface area contributed by atoms with Gasteiger partial charge in [-0.3, -0.25) is 4.99 Å². The Hall–Kier alpha value is -1.06. The first-order valence-corrected chi connectivity index (χ1v) is 9.29. The van der Waals surface area contributed by atoms with E-state index < -0.39 is 0 Å². The van der Waals surface area contributed by atoms with E-state index in [-0.39, 0.29) is 24.0 Å². The molecule has 2 heterocycles. The van der Waals surface area contributed by atoms with Gasteiger partial charge in [-0.25, -0.2) is 0 Å². The fourth-order valence-corrected chi connectivity index (χ4v) is 3.26. The van der Waals surface area contributed by atoms with Crippen molar-refractivity contribution in [3.8, 4) is 11.3 Å². The molecule has 5 nitrogen and oxygen atoms in total. The molecule has 0 bridgehead atoms. The largest absolute Gasteiger partial charge is 0.459 e. The van der Waals surface area contributed by atoms with Gasteiger partial charge in [0.15, 0.2) is 5.96 Å². The van der Waals surface area contributed by atoms with Crippen molar-refractivity contribution in [3.63, 3.8) is 0 Å². The van der Waals surface area contributed by atoms with Crippen LogP contribution in [0.5, 0.6) is 0 Å². The van der Waals surface area contributed by atoms with Gasteiger partial charge in [0.2, 0.25) is 0 Å². The van der Waals surface area contributed by atoms with Crippen LogP contribution in [0.15, 0.2) is 50.3 Å². The summed E-state index contributed by atoms with van der Waals surface area (Å²) >= 11 is 3.45. The molecule has 1 aromatic carbocycles. The maximum Gasteiger partial charge on any atom is 0.193 e. The number of hydrogen-bond acceptors (Lipinski definition) is 3. The number of halogens is 2. The van der Waals surface area contributed by atoms with E-state index in [4.69, 9.17) is 9.15 Å². The summed E-state index contributed by atoms with van der Waals surface area (Å²) in [6.07, 6.45) is 1.12. The maximum absolute atomic E-state index is 5.95. The lowest BCUT2D eigenvalue weighted by Crippen LogP contribution is -2.41. The van der Waals surface area contributed by atoms with Gasteiger partial charge < -0.3 is 19.4 Å². The minimum absolute atomic E-state index is 0. The first kappa shape index (κ1) is 21.2. The molecule has 1 aliphatic rings. The zero-order valence-corrected chi connectivity index (χ0v) is 19.0. The molecule has 2 aromatic rings. The average Bonchev–Trinajstić information content (AvgIpc) is 3.28. The van der Waals surface area contributed by atoms with Gasteiger partial charge in [0, 0.05) is 43.2 Å². The third kappa shape index (κ3) is 5.72. The lowest BCUT2D eigenvalue weighted by molar-refractivity contribution is 0.181. The highest BCUT2D eigenvalue weighted by Gasteiger charge is 2.19. The second kappa shape index (κ2) is 10.3. The van der Waals surface area contributed by atoms with Crippen molar-refractivity contribution in [2.75, 3.05) is 33.9 Å². The van der Waals surface area contributed by atoms with E-state index in [1.54, 1.807) is 7.05 Å². The summed E-state index contributed by atoms with van der Waals surface area (Å²) in [7, 11) is 3.86. The summed E-state index contributed by atoms with van der Waals surface area (Å²) < 4.78 is 12.5. The van der Waals surface area contributed by atoms with E-state index in [0.717, 1.165) is 53.7 Å². The number of guanidine groups is 1. The predicted molar refractivity (Wildman–Crippen MR) is 119 cm³/mol. The van der Waals surface area contributed by atoms with Gasteiger partial charge in [0.25, 0.3) is 0 Å². The molecule has 7 heteroatoms. The van der Waals surface area contributed by atoms with Gasteiger partial charge in [0.1, 0.15) is 11.5 Å². The molecule has 0 radical (unpaired) electrons. The van der Waals surface area contributed by atoms with Crippen LogP contribution in [0.1, 0.15) is 12.2 Å². The van der Waals surface area contributed by atoms with E-state index in [1.165, 1.54) is 0 Å². The molecular weight excluding hydrogens is 509 g/mol. The highest BCUT2D eigenvalue weighted by atomic mass is 127. The van der Waals surface area contributed by atoms with Gasteiger partial charge in [0.05, 0.1) is 13.2 Å². The molecule has 1 N–H and O–H groups in total. The molecular formula is C19H25BrIN3O2. The molecule has 0 amide bonds. The van der Waals surface area contributed by atoms with Crippen LogP contribution in [0.4, 0.5) is 0 Å². The molecule has 1 fully saturated rings. The van der Waals surface area contributed by atoms with Gasteiger partial charge in [-0.1, -0.05) is 28.1 Å². The van der Waals surface area contributed by atoms with Crippen molar-refractivity contribution in [1.82, 2.24) is 10.2 Å². The molecule has 3 rings (SSSR count). The van der Waals surface area contributed by atoms with E-state index in [2.05, 4.69) is 38.2 Å². The van der Waals surface area contributed by atoms with Crippen molar-refractivity contribution in [1.29, 1.82) is 0 Å². The molecule has 1 unspecified atom stereocenters. The second-order valence-electron chi connectivity index (χ2n) is 6.28. The van der Waals surface area contributed by atoms with Crippen LogP contribution in [0.2, 0.25) is 0 Å². The summed E-state index contributed by atoms with van der Waals surface area (Å²) in [6, 6.07) is 12.1. The summed E-state index contributed by atoms with van der Waals surface area (Å²) in [4.78, 5) is 6.51. The van der Waals surface area contributed by atoms with Gasteiger partial charge in [-0.2, -0.15) is 0 Å². The van der Waals surface area contributed by atoms with Crippen molar-refractivity contribution in [2.24, 2.45) is 10.9 Å². The van der Waals surface area contributed by atoms with E-state index in [0.29, 0.717) is 12.5 Å². The minimum Gasteiger partial charge on any atom is -0.459 e. The number of hydrogen-bond donors (Lipinski definition) is 1. The Balaban J connectivity index is 0.00000243. The molecule has 1 atom stereocenters. The fourth-order valence-electron chi connectivity index (χ4n) is 2.99. The lowest BCUT2D eigenvalue weighted by atomic mass is 10.1. The summed E-state index contributed by atoms with van der Waals surface area (Å²) in [5.41, 5.74) is 1.07. The summed E-state index contributed by atoms with van der Waals surface area (Å²) in [5, 5.41) is 3.37. The maximum atomic E-state index is 5.95. The summed E-state index contributed by atoms with van der Waals surface area (Å²) in [6.45, 7) is 3.27. The molecule has 26 heavy (non-hydrogen) atoms. The van der Waals surface area contributed by atoms with Crippen LogP contribution >= 0.6 is 39.9 Å². The highest BCUT2D eigenvalue weighted by Crippen LogP contribution is 2.24. The Morgan fingerprint density at radius 3 is 2.69 bits per heavy atom. The van der Waals surface area contributed by atoms with Crippen molar-refractivity contribution in [3.05, 3.63) is 46.6 Å². The van der Waals surface area contributed by atoms with Gasteiger partial charge in [-0.05, 0) is 30.7 Å². The normalized spacial score (nSPS) is 17.0. The Labute approximate surface area is 180 Å². The first-order chi connectivity index (χ1) is 12.2. The standard InChI is InChI=1S/C19H24BrN3O2.HI/c1-21-19(23(2)12-14-9-10-24-13-14)22-11-17-7-8-18(25-17)15-3-5-16(20)6-4-15;/h3-8,14H,9-13H2,1-2H3,(H,21,22);1H. The van der Waals surface area contributed by atoms with Crippen molar-refractivity contribution in [2.45, 2.75) is 13.0 Å². The number of furan rings is 1. The number of nitrogens with one attached hydrogen (secondary N) is 1. The number of rotatable bonds is 5. The monoisotopic (exact) mass is 533 g/mol. The molecule has 1 aliphatic heterocycles. The quantitative estimate of drug-likeness (QED) is 0.352. The lowest BCUT2D eigenvalue weighted by Gasteiger charge is -2.24. The number of aliphatic imine (C=N–C) groups is 1. The van der Waals surface area contributed by atoms with E-state index in [9.17, 15) is 0 Å². The average molecular weight is 534 g/mol. The first-order valence-electron chi connectivity index (χ1n) is 8.50. The third-order valence-corrected chi connectivity index (χ3v) is 4.87. The SMILES string of the molecule is CN=C(NCc1ccc(-c2ccc(Br)cc2)o1)N(C)CC1CCOC1.I. The summed E-state index contributed by atoms with van der Waals surface area (Å²) in [5.74, 6) is 3.21. The van der Waals surface area contributed by atoms with Crippen LogP contribution in [0.3, 0.4) is 0 Å². The topological polar surface area (TPSA) is 50.0 Å². The van der Waals surface area contributed by atoms with Crippen LogP contribution in [-0.4, -0.2) is 44.7 Å². The zero-order valence-electron chi connectivity index (χ0n) is 15.1. The molecule has 1 aromatic heterocycles. The van der Waals surface area contributed by atoms with Gasteiger partial charge in [-0.15, -0.1) is 24.0 Å². The van der Waals surface area contributed by atoms with Crippen LogP contribution in [0.25, 0.3) is 11.3 Å². The van der Waals surface area contributed by atoms with Gasteiger partial charge >= 0.3 is 0 Å². The Kier molecular flexibility index (Phi) is 8.43.